The van der Waals surface area contributed by atoms with Crippen LogP contribution in [0.3, 0.4) is 0 Å². The van der Waals surface area contributed by atoms with E-state index in [0.717, 1.165) is 38.4 Å². The van der Waals surface area contributed by atoms with Gasteiger partial charge in [0.2, 0.25) is 0 Å². The molecule has 2 amide bonds. The van der Waals surface area contributed by atoms with Crippen LogP contribution in [0.5, 0.6) is 11.5 Å². The average molecular weight is 604 g/mol. The molecule has 3 aromatic rings. The summed E-state index contributed by atoms with van der Waals surface area (Å²) in [7, 11) is 4.44. The van der Waals surface area contributed by atoms with Crippen LogP contribution in [0, 0.1) is 0 Å². The highest BCUT2D eigenvalue weighted by Gasteiger charge is 2.22. The van der Waals surface area contributed by atoms with Gasteiger partial charge in [-0.15, -0.1) is 5.11 Å². The van der Waals surface area contributed by atoms with E-state index in [0.29, 0.717) is 34.5 Å². The quantitative estimate of drug-likeness (QED) is 0.168. The predicted octanol–water partition coefficient (Wildman–Crippen LogP) is 5.31. The molecular formula is C26H32Cl2N10O3. The van der Waals surface area contributed by atoms with Gasteiger partial charge in [0.1, 0.15) is 45.2 Å². The van der Waals surface area contributed by atoms with Crippen molar-refractivity contribution in [3.63, 3.8) is 0 Å². The van der Waals surface area contributed by atoms with Gasteiger partial charge >= 0.3 is 6.03 Å². The van der Waals surface area contributed by atoms with Crippen LogP contribution < -0.4 is 35.7 Å². The van der Waals surface area contributed by atoms with Crippen LogP contribution in [-0.4, -0.2) is 74.9 Å². The van der Waals surface area contributed by atoms with Gasteiger partial charge in [0.25, 0.3) is 0 Å². The number of hydrogen-bond donors (Lipinski definition) is 3. The van der Waals surface area contributed by atoms with Crippen molar-refractivity contribution in [2.75, 3.05) is 74.4 Å². The molecule has 1 aliphatic rings. The van der Waals surface area contributed by atoms with E-state index in [2.05, 4.69) is 47.7 Å². The zero-order valence-corrected chi connectivity index (χ0v) is 24.7. The molecule has 15 heteroatoms. The van der Waals surface area contributed by atoms with Gasteiger partial charge in [-0.2, -0.15) is 0 Å². The second-order valence-electron chi connectivity index (χ2n) is 9.00. The number of carbonyl (C=O) groups is 1. The number of nitrogens with two attached hydrogens (primary N) is 1. The lowest BCUT2D eigenvalue weighted by atomic mass is 10.2. The average Bonchev–Trinajstić information content (AvgIpc) is 3.00. The summed E-state index contributed by atoms with van der Waals surface area (Å²) in [6.45, 7) is 7.04. The van der Waals surface area contributed by atoms with Crippen LogP contribution in [0.4, 0.5) is 39.2 Å². The number of rotatable bonds is 9. The number of hydrogen-bond acceptors (Lipinski definition) is 10. The summed E-state index contributed by atoms with van der Waals surface area (Å²) >= 11 is 12.8. The van der Waals surface area contributed by atoms with Crippen LogP contribution in [0.1, 0.15) is 6.92 Å². The summed E-state index contributed by atoms with van der Waals surface area (Å²) < 4.78 is 10.5. The molecule has 13 nitrogen and oxygen atoms in total. The van der Waals surface area contributed by atoms with E-state index >= 15 is 0 Å². The second kappa shape index (κ2) is 13.5. The summed E-state index contributed by atoms with van der Waals surface area (Å²) in [5.41, 5.74) is 2.35. The standard InChI is InChI=1S/C26H32Cl2N10O3/c1-5-37-8-10-38(11-9-37)16-6-7-17(18(12-16)34-35-29)32-21-14-22(31-15-30-21)36(2)26(39)33-25-23(27)19(40-3)13-20(41-4)24(25)28/h6-7,12-15H,5,8-11H2,1-4H3,(H2,29,34)(H,33,39)(H,30,31,32). The number of ether oxygens (including phenoxy) is 2. The van der Waals surface area contributed by atoms with Gasteiger partial charge in [-0.05, 0) is 24.7 Å². The van der Waals surface area contributed by atoms with Gasteiger partial charge < -0.3 is 35.7 Å². The zero-order chi connectivity index (χ0) is 29.5. The summed E-state index contributed by atoms with van der Waals surface area (Å²) in [6, 6.07) is 8.41. The minimum absolute atomic E-state index is 0.127. The molecule has 0 atom stereocenters. The molecule has 4 N–H and O–H groups in total. The highest BCUT2D eigenvalue weighted by atomic mass is 35.5. The van der Waals surface area contributed by atoms with Gasteiger partial charge in [0, 0.05) is 51.0 Å². The minimum atomic E-state index is -0.557. The van der Waals surface area contributed by atoms with Gasteiger partial charge in [0.15, 0.2) is 0 Å². The molecule has 0 spiro atoms. The lowest BCUT2D eigenvalue weighted by Gasteiger charge is -2.35. The van der Waals surface area contributed by atoms with Gasteiger partial charge in [0.05, 0.1) is 25.6 Å². The number of aromatic nitrogens is 2. The number of nitrogens with one attached hydrogen (secondary N) is 2. The van der Waals surface area contributed by atoms with E-state index < -0.39 is 6.03 Å². The van der Waals surface area contributed by atoms with Crippen molar-refractivity contribution in [3.05, 3.63) is 46.7 Å². The third kappa shape index (κ3) is 6.81. The number of urea groups is 1. The van der Waals surface area contributed by atoms with Crippen molar-refractivity contribution in [1.29, 1.82) is 0 Å². The molecule has 0 unspecified atom stereocenters. The lowest BCUT2D eigenvalue weighted by molar-refractivity contribution is 0.258. The fraction of sp³-hybridized carbons (Fsp3) is 0.346. The van der Waals surface area contributed by atoms with E-state index in [4.69, 9.17) is 38.5 Å². The van der Waals surface area contributed by atoms with Crippen LogP contribution in [-0.2, 0) is 0 Å². The smallest absolute Gasteiger partial charge is 0.327 e. The summed E-state index contributed by atoms with van der Waals surface area (Å²) in [5.74, 6) is 6.71. The third-order valence-electron chi connectivity index (χ3n) is 6.70. The van der Waals surface area contributed by atoms with Crippen LogP contribution >= 0.6 is 23.2 Å². The van der Waals surface area contributed by atoms with E-state index in [1.807, 2.05) is 18.2 Å². The molecule has 4 rings (SSSR count). The maximum absolute atomic E-state index is 13.1. The zero-order valence-electron chi connectivity index (χ0n) is 23.2. The van der Waals surface area contributed by atoms with Crippen molar-refractivity contribution in [3.8, 4) is 11.5 Å². The largest absolute Gasteiger partial charge is 0.495 e. The molecule has 0 aliphatic carbocycles. The first-order chi connectivity index (χ1) is 19.8. The van der Waals surface area contributed by atoms with Crippen molar-refractivity contribution in [2.24, 2.45) is 16.2 Å². The number of anilines is 5. The molecule has 1 aromatic heterocycles. The molecule has 0 saturated carbocycles. The number of nitrogens with zero attached hydrogens (tertiary/aromatic N) is 7. The van der Waals surface area contributed by atoms with E-state index in [1.165, 1.54) is 31.5 Å². The Morgan fingerprint density at radius 1 is 1.07 bits per heavy atom. The molecule has 1 saturated heterocycles. The first-order valence-corrected chi connectivity index (χ1v) is 13.5. The number of likely N-dealkylation sites (N-methyl/N-ethyl adjacent to an activating group) is 1. The van der Waals surface area contributed by atoms with Crippen molar-refractivity contribution >= 4 is 63.6 Å². The number of halogens is 2. The molecule has 2 aromatic carbocycles. The Bertz CT molecular complexity index is 1390. The molecule has 218 valence electrons. The maximum atomic E-state index is 13.1. The fourth-order valence-electron chi connectivity index (χ4n) is 4.32. The van der Waals surface area contributed by atoms with Gasteiger partial charge in [-0.25, -0.2) is 14.8 Å². The molecule has 1 fully saturated rings. The van der Waals surface area contributed by atoms with Crippen molar-refractivity contribution in [2.45, 2.75) is 6.92 Å². The summed E-state index contributed by atoms with van der Waals surface area (Å²) in [6.07, 6.45) is 1.34. The Morgan fingerprint density at radius 2 is 1.76 bits per heavy atom. The second-order valence-corrected chi connectivity index (χ2v) is 9.75. The number of benzene rings is 2. The Balaban J connectivity index is 1.52. The summed E-state index contributed by atoms with van der Waals surface area (Å²) in [4.78, 5) is 27.7. The number of methoxy groups -OCH3 is 2. The number of amides is 2. The van der Waals surface area contributed by atoms with Gasteiger partial charge in [-0.3, -0.25) is 4.90 Å². The lowest BCUT2D eigenvalue weighted by Crippen LogP contribution is -2.46. The monoisotopic (exact) mass is 602 g/mol. The van der Waals surface area contributed by atoms with Crippen LogP contribution in [0.15, 0.2) is 47.0 Å². The molecule has 2 heterocycles. The van der Waals surface area contributed by atoms with Gasteiger partial charge in [-0.1, -0.05) is 35.3 Å². The molecule has 1 aliphatic heterocycles. The first kappa shape index (κ1) is 29.9. The molecule has 0 bridgehead atoms. The van der Waals surface area contributed by atoms with E-state index in [-0.39, 0.29) is 15.7 Å². The topological polar surface area (TPSA) is 146 Å². The van der Waals surface area contributed by atoms with Crippen LogP contribution in [0.25, 0.3) is 0 Å². The molecular weight excluding hydrogens is 571 g/mol. The van der Waals surface area contributed by atoms with E-state index in [1.54, 1.807) is 13.1 Å². The fourth-order valence-corrected chi connectivity index (χ4v) is 4.91. The predicted molar refractivity (Wildman–Crippen MR) is 162 cm³/mol. The molecule has 0 radical (unpaired) electrons. The SMILES string of the molecule is CCN1CCN(c2ccc(Nc3cc(N(C)C(=O)Nc4c(Cl)c(OC)cc(OC)c4Cl)ncn3)c(N=NN)c2)CC1. The van der Waals surface area contributed by atoms with Crippen molar-refractivity contribution < 1.29 is 14.3 Å². The van der Waals surface area contributed by atoms with E-state index in [9.17, 15) is 4.79 Å². The van der Waals surface area contributed by atoms with Crippen LogP contribution in [0.2, 0.25) is 10.0 Å². The minimum Gasteiger partial charge on any atom is -0.495 e. The normalized spacial score (nSPS) is 13.8. The number of carbonyl (C=O) groups excluding carboxylic acids is 1. The Labute approximate surface area is 248 Å². The Morgan fingerprint density at radius 3 is 2.37 bits per heavy atom. The maximum Gasteiger partial charge on any atom is 0.327 e. The Hall–Kier alpha value is -4.07. The first-order valence-electron chi connectivity index (χ1n) is 12.8. The third-order valence-corrected chi connectivity index (χ3v) is 7.45. The highest BCUT2D eigenvalue weighted by Crippen LogP contribution is 2.44. The Kier molecular flexibility index (Phi) is 9.86. The van der Waals surface area contributed by atoms with Crippen molar-refractivity contribution in [1.82, 2.24) is 14.9 Å². The summed E-state index contributed by atoms with van der Waals surface area (Å²) in [5, 5.41) is 13.8. The number of piperazine rings is 1. The molecule has 41 heavy (non-hydrogen) atoms. The highest BCUT2D eigenvalue weighted by molar-refractivity contribution is 6.41.